The average Bonchev–Trinajstić information content (AvgIpc) is 3.16. The Morgan fingerprint density at radius 2 is 1.74 bits per heavy atom. The largest absolute Gasteiger partial charge is 0.486 e. The molecule has 8 nitrogen and oxygen atoms in total. The van der Waals surface area contributed by atoms with Gasteiger partial charge in [-0.05, 0) is 30.3 Å². The lowest BCUT2D eigenvalue weighted by molar-refractivity contribution is -0.122. The molecule has 2 N–H and O–H groups in total. The van der Waals surface area contributed by atoms with E-state index in [2.05, 4.69) is 10.9 Å². The quantitative estimate of drug-likeness (QED) is 0.643. The van der Waals surface area contributed by atoms with Crippen molar-refractivity contribution in [2.24, 2.45) is 0 Å². The number of ether oxygens (including phenoxy) is 1. The molecule has 8 heteroatoms. The summed E-state index contributed by atoms with van der Waals surface area (Å²) in [6.07, 6.45) is 1.48. The van der Waals surface area contributed by atoms with Crippen molar-refractivity contribution in [3.63, 3.8) is 0 Å². The molecular weight excluding hydrogens is 350 g/mol. The Hall–Kier alpha value is -3.81. The molecule has 0 aliphatic rings. The molecule has 0 atom stereocenters. The molecule has 138 valence electrons. The van der Waals surface area contributed by atoms with E-state index in [1.54, 1.807) is 18.2 Å². The molecule has 3 aromatic rings. The molecule has 0 aliphatic carbocycles. The van der Waals surface area contributed by atoms with E-state index in [1.165, 1.54) is 22.9 Å². The number of carbonyl (C=O) groups excluding carboxylic acids is 2. The SMILES string of the molecule is O=C(Cn1ccccc1=O)NNC(=O)c1ccc(COc2ccccc2)o1. The zero-order chi connectivity index (χ0) is 19.1. The highest BCUT2D eigenvalue weighted by molar-refractivity contribution is 5.92. The van der Waals surface area contributed by atoms with Crippen LogP contribution in [0.4, 0.5) is 0 Å². The molecule has 2 aromatic heterocycles. The Morgan fingerprint density at radius 3 is 2.52 bits per heavy atom. The summed E-state index contributed by atoms with van der Waals surface area (Å²) in [4.78, 5) is 35.4. The maximum Gasteiger partial charge on any atom is 0.305 e. The van der Waals surface area contributed by atoms with Gasteiger partial charge in [-0.15, -0.1) is 0 Å². The van der Waals surface area contributed by atoms with Crippen molar-refractivity contribution in [3.8, 4) is 5.75 Å². The van der Waals surface area contributed by atoms with Gasteiger partial charge in [0.05, 0.1) is 0 Å². The average molecular weight is 367 g/mol. The van der Waals surface area contributed by atoms with E-state index < -0.39 is 11.8 Å². The van der Waals surface area contributed by atoms with Crippen LogP contribution in [0, 0.1) is 0 Å². The second-order valence-corrected chi connectivity index (χ2v) is 5.54. The van der Waals surface area contributed by atoms with E-state index in [-0.39, 0.29) is 24.5 Å². The van der Waals surface area contributed by atoms with Gasteiger partial charge in [0.1, 0.15) is 24.7 Å². The second kappa shape index (κ2) is 8.52. The maximum absolute atomic E-state index is 12.0. The van der Waals surface area contributed by atoms with E-state index in [0.717, 1.165) is 0 Å². The van der Waals surface area contributed by atoms with Crippen LogP contribution in [0.1, 0.15) is 16.3 Å². The fourth-order valence-corrected chi connectivity index (χ4v) is 2.22. The van der Waals surface area contributed by atoms with Crippen LogP contribution in [0.2, 0.25) is 0 Å². The van der Waals surface area contributed by atoms with Crippen molar-refractivity contribution in [3.05, 3.63) is 88.7 Å². The molecule has 0 saturated heterocycles. The number of para-hydroxylation sites is 1. The Morgan fingerprint density at radius 1 is 0.963 bits per heavy atom. The molecule has 27 heavy (non-hydrogen) atoms. The lowest BCUT2D eigenvalue weighted by atomic mass is 10.3. The van der Waals surface area contributed by atoms with Gasteiger partial charge in [0, 0.05) is 12.3 Å². The molecule has 2 amide bonds. The summed E-state index contributed by atoms with van der Waals surface area (Å²) >= 11 is 0. The standard InChI is InChI=1S/C19H17N3O5/c23-17(12-22-11-5-4-8-18(22)24)20-21-19(25)16-10-9-15(27-16)13-26-14-6-2-1-3-7-14/h1-11H,12-13H2,(H,20,23)(H,21,25). The minimum absolute atomic E-state index is 0.0267. The summed E-state index contributed by atoms with van der Waals surface area (Å²) in [6.45, 7) is -0.0468. The zero-order valence-corrected chi connectivity index (χ0v) is 14.3. The van der Waals surface area contributed by atoms with Gasteiger partial charge in [0.15, 0.2) is 5.76 Å². The molecule has 0 saturated carbocycles. The summed E-state index contributed by atoms with van der Waals surface area (Å²) in [5, 5.41) is 0. The van der Waals surface area contributed by atoms with Crippen molar-refractivity contribution in [2.45, 2.75) is 13.2 Å². The second-order valence-electron chi connectivity index (χ2n) is 5.54. The Kier molecular flexibility index (Phi) is 5.68. The van der Waals surface area contributed by atoms with Crippen LogP contribution >= 0.6 is 0 Å². The fourth-order valence-electron chi connectivity index (χ4n) is 2.22. The predicted molar refractivity (Wildman–Crippen MR) is 95.8 cm³/mol. The molecule has 3 rings (SSSR count). The number of hydrazine groups is 1. The third kappa shape index (κ3) is 5.08. The number of hydrogen-bond donors (Lipinski definition) is 2. The first kappa shape index (κ1) is 18.0. The molecule has 0 spiro atoms. The molecular formula is C19H17N3O5. The molecule has 0 aliphatic heterocycles. The highest BCUT2D eigenvalue weighted by Gasteiger charge is 2.13. The van der Waals surface area contributed by atoms with Crippen LogP contribution in [0.3, 0.4) is 0 Å². The van der Waals surface area contributed by atoms with Crippen LogP contribution in [0.15, 0.2) is 76.1 Å². The lowest BCUT2D eigenvalue weighted by Gasteiger charge is -2.07. The smallest absolute Gasteiger partial charge is 0.305 e. The van der Waals surface area contributed by atoms with Gasteiger partial charge in [0.2, 0.25) is 0 Å². The number of aromatic nitrogens is 1. The van der Waals surface area contributed by atoms with Crippen molar-refractivity contribution in [2.75, 3.05) is 0 Å². The number of amides is 2. The molecule has 0 unspecified atom stereocenters. The topological polar surface area (TPSA) is 103 Å². The maximum atomic E-state index is 12.0. The van der Waals surface area contributed by atoms with Gasteiger partial charge in [-0.3, -0.25) is 25.2 Å². The van der Waals surface area contributed by atoms with Gasteiger partial charge >= 0.3 is 5.91 Å². The van der Waals surface area contributed by atoms with E-state index in [9.17, 15) is 14.4 Å². The highest BCUT2D eigenvalue weighted by Crippen LogP contribution is 2.13. The number of nitrogens with one attached hydrogen (secondary N) is 2. The summed E-state index contributed by atoms with van der Waals surface area (Å²) in [5.74, 6) is 0.0129. The van der Waals surface area contributed by atoms with E-state index in [1.807, 2.05) is 30.3 Å². The third-order valence-corrected chi connectivity index (χ3v) is 3.54. The van der Waals surface area contributed by atoms with Crippen LogP contribution in [0.25, 0.3) is 0 Å². The van der Waals surface area contributed by atoms with Crippen molar-refractivity contribution in [1.82, 2.24) is 15.4 Å². The van der Waals surface area contributed by atoms with Gasteiger partial charge in [-0.1, -0.05) is 24.3 Å². The first-order valence-electron chi connectivity index (χ1n) is 8.13. The fraction of sp³-hybridized carbons (Fsp3) is 0.105. The third-order valence-electron chi connectivity index (χ3n) is 3.54. The number of pyridine rings is 1. The molecule has 0 bridgehead atoms. The van der Waals surface area contributed by atoms with E-state index >= 15 is 0 Å². The summed E-state index contributed by atoms with van der Waals surface area (Å²) in [5.41, 5.74) is 4.16. The first-order chi connectivity index (χ1) is 13.1. The van der Waals surface area contributed by atoms with Crippen LogP contribution in [0.5, 0.6) is 5.75 Å². The predicted octanol–water partition coefficient (Wildman–Crippen LogP) is 1.48. The minimum atomic E-state index is -0.616. The van der Waals surface area contributed by atoms with Crippen LogP contribution in [-0.4, -0.2) is 16.4 Å². The van der Waals surface area contributed by atoms with E-state index in [4.69, 9.17) is 9.15 Å². The Balaban J connectivity index is 1.48. The van der Waals surface area contributed by atoms with Crippen LogP contribution in [-0.2, 0) is 17.9 Å². The lowest BCUT2D eigenvalue weighted by Crippen LogP contribution is -2.44. The summed E-state index contributed by atoms with van der Waals surface area (Å²) in [6, 6.07) is 16.8. The van der Waals surface area contributed by atoms with Crippen molar-refractivity contribution >= 4 is 11.8 Å². The number of hydrogen-bond acceptors (Lipinski definition) is 5. The number of carbonyl (C=O) groups is 2. The van der Waals surface area contributed by atoms with Crippen molar-refractivity contribution in [1.29, 1.82) is 0 Å². The first-order valence-corrected chi connectivity index (χ1v) is 8.13. The molecule has 0 radical (unpaired) electrons. The minimum Gasteiger partial charge on any atom is -0.486 e. The monoisotopic (exact) mass is 367 g/mol. The molecule has 2 heterocycles. The number of nitrogens with zero attached hydrogens (tertiary/aromatic N) is 1. The normalized spacial score (nSPS) is 10.2. The number of benzene rings is 1. The number of furan rings is 1. The summed E-state index contributed by atoms with van der Waals surface area (Å²) in [7, 11) is 0. The molecule has 1 aromatic carbocycles. The summed E-state index contributed by atoms with van der Waals surface area (Å²) < 4.78 is 12.1. The Bertz CT molecular complexity index is 978. The zero-order valence-electron chi connectivity index (χ0n) is 14.3. The van der Waals surface area contributed by atoms with Gasteiger partial charge in [-0.2, -0.15) is 0 Å². The van der Waals surface area contributed by atoms with Crippen LogP contribution < -0.4 is 21.1 Å². The van der Waals surface area contributed by atoms with Gasteiger partial charge < -0.3 is 13.7 Å². The van der Waals surface area contributed by atoms with Gasteiger partial charge in [-0.25, -0.2) is 0 Å². The number of rotatable bonds is 6. The van der Waals surface area contributed by atoms with Crippen molar-refractivity contribution < 1.29 is 18.7 Å². The highest BCUT2D eigenvalue weighted by atomic mass is 16.5. The van der Waals surface area contributed by atoms with E-state index in [0.29, 0.717) is 11.5 Å². The molecule has 0 fully saturated rings. The Labute approximate surface area is 154 Å². The van der Waals surface area contributed by atoms with Gasteiger partial charge in [0.25, 0.3) is 11.5 Å².